The fourth-order valence-electron chi connectivity index (χ4n) is 2.47. The second kappa shape index (κ2) is 8.34. The van der Waals surface area contributed by atoms with Gasteiger partial charge >= 0.3 is 0 Å². The zero-order valence-corrected chi connectivity index (χ0v) is 15.3. The molecule has 2 rings (SSSR count). The van der Waals surface area contributed by atoms with Gasteiger partial charge in [0.2, 0.25) is 6.41 Å². The van der Waals surface area contributed by atoms with E-state index in [1.807, 2.05) is 74.2 Å². The van der Waals surface area contributed by atoms with Crippen molar-refractivity contribution in [1.29, 1.82) is 0 Å². The summed E-state index contributed by atoms with van der Waals surface area (Å²) < 4.78 is 5.74. The second-order valence-electron chi connectivity index (χ2n) is 7.26. The van der Waals surface area contributed by atoms with Crippen molar-refractivity contribution in [2.75, 3.05) is 18.0 Å². The van der Waals surface area contributed by atoms with Crippen LogP contribution < -0.4 is 11.5 Å². The Kier molecular flexibility index (Phi) is 6.42. The van der Waals surface area contributed by atoms with Gasteiger partial charge in [0.05, 0.1) is 5.60 Å². The lowest BCUT2D eigenvalue weighted by molar-refractivity contribution is -0.241. The van der Waals surface area contributed by atoms with Crippen molar-refractivity contribution in [2.24, 2.45) is 0 Å². The van der Waals surface area contributed by atoms with Gasteiger partial charge in [-0.15, -0.1) is 0 Å². The van der Waals surface area contributed by atoms with Crippen LogP contribution in [0.1, 0.15) is 31.9 Å². The third-order valence-corrected chi connectivity index (χ3v) is 3.80. The fourth-order valence-corrected chi connectivity index (χ4v) is 2.47. The van der Waals surface area contributed by atoms with Crippen molar-refractivity contribution in [3.63, 3.8) is 0 Å². The summed E-state index contributed by atoms with van der Waals surface area (Å²) in [4.78, 5) is 1.91. The molecule has 25 heavy (non-hydrogen) atoms. The molecule has 0 bridgehead atoms. The molecule has 0 radical (unpaired) electrons. The van der Waals surface area contributed by atoms with Crippen LogP contribution in [-0.4, -0.2) is 28.6 Å². The number of ether oxygens (including phenoxy) is 1. The number of hydrogen-bond donors (Lipinski definition) is 3. The molecular weight excluding hydrogens is 314 g/mol. The molecule has 1 atom stereocenters. The number of nitrogen functional groups attached to an aromatic ring is 2. The highest BCUT2D eigenvalue weighted by atomic mass is 16.6. The highest BCUT2D eigenvalue weighted by Gasteiger charge is 2.22. The van der Waals surface area contributed by atoms with Crippen LogP contribution in [0.25, 0.3) is 0 Å². The minimum atomic E-state index is -0.980. The number of nitrogens with zero attached hydrogens (tertiary/aromatic N) is 1. The first kappa shape index (κ1) is 19.2. The Morgan fingerprint density at radius 1 is 0.920 bits per heavy atom. The van der Waals surface area contributed by atoms with Crippen molar-refractivity contribution < 1.29 is 9.84 Å². The molecule has 0 aliphatic rings. The number of aliphatic hydroxyl groups is 1. The molecule has 5 N–H and O–H groups in total. The Bertz CT molecular complexity index is 648. The van der Waals surface area contributed by atoms with E-state index in [9.17, 15) is 5.11 Å². The van der Waals surface area contributed by atoms with Gasteiger partial charge in [-0.25, -0.2) is 0 Å². The monoisotopic (exact) mass is 343 g/mol. The zero-order valence-electron chi connectivity index (χ0n) is 15.3. The average Bonchev–Trinajstić information content (AvgIpc) is 2.53. The summed E-state index contributed by atoms with van der Waals surface area (Å²) in [6.07, 6.45) is -0.189. The van der Waals surface area contributed by atoms with Crippen LogP contribution in [0.5, 0.6) is 0 Å². The molecule has 5 heteroatoms. The van der Waals surface area contributed by atoms with Crippen LogP contribution in [0.2, 0.25) is 0 Å². The molecule has 0 fully saturated rings. The lowest BCUT2D eigenvalue weighted by Gasteiger charge is -2.32. The number of nitrogens with two attached hydrogens (primary N) is 2. The minimum Gasteiger partial charge on any atom is -0.399 e. The van der Waals surface area contributed by atoms with E-state index in [1.165, 1.54) is 5.56 Å². The first-order chi connectivity index (χ1) is 11.7. The summed E-state index contributed by atoms with van der Waals surface area (Å²) in [7, 11) is 0. The van der Waals surface area contributed by atoms with Crippen LogP contribution in [0.15, 0.2) is 48.5 Å². The normalized spacial score (nSPS) is 13.2. The highest BCUT2D eigenvalue weighted by molar-refractivity contribution is 5.40. The molecule has 1 unspecified atom stereocenters. The molecule has 0 saturated heterocycles. The molecule has 0 aromatic heterocycles. The first-order valence-corrected chi connectivity index (χ1v) is 8.52. The lowest BCUT2D eigenvalue weighted by atomic mass is 10.1. The van der Waals surface area contributed by atoms with Gasteiger partial charge in [0, 0.05) is 24.5 Å². The van der Waals surface area contributed by atoms with E-state index in [1.54, 1.807) is 0 Å². The van der Waals surface area contributed by atoms with Crippen LogP contribution in [0.4, 0.5) is 11.4 Å². The molecule has 0 saturated carbocycles. The van der Waals surface area contributed by atoms with E-state index >= 15 is 0 Å². The van der Waals surface area contributed by atoms with Gasteiger partial charge in [0.25, 0.3) is 0 Å². The number of aliphatic hydroxyl groups excluding tert-OH is 1. The third-order valence-electron chi connectivity index (χ3n) is 3.80. The second-order valence-corrected chi connectivity index (χ2v) is 7.26. The summed E-state index contributed by atoms with van der Waals surface area (Å²) in [5.74, 6) is 0. The molecule has 0 aliphatic heterocycles. The summed E-state index contributed by atoms with van der Waals surface area (Å²) in [5, 5.41) is 10.5. The Morgan fingerprint density at radius 3 is 1.88 bits per heavy atom. The highest BCUT2D eigenvalue weighted by Crippen LogP contribution is 2.17. The molecule has 5 nitrogen and oxygen atoms in total. The Hall–Kier alpha value is -2.08. The molecule has 136 valence electrons. The first-order valence-electron chi connectivity index (χ1n) is 8.52. The fraction of sp³-hybridized carbons (Fsp3) is 0.400. The maximum atomic E-state index is 10.5. The van der Waals surface area contributed by atoms with Gasteiger partial charge in [0.1, 0.15) is 0 Å². The summed E-state index contributed by atoms with van der Waals surface area (Å²) in [6, 6.07) is 15.5. The molecule has 0 heterocycles. The SMILES string of the molecule is CC(C)(C)OC(O)N(CCc1ccc(N)cc1)Cc1ccc(N)cc1. The third kappa shape index (κ3) is 6.74. The predicted octanol–water partition coefficient (Wildman–Crippen LogP) is 2.99. The number of benzene rings is 2. The van der Waals surface area contributed by atoms with Gasteiger partial charge in [-0.2, -0.15) is 0 Å². The standard InChI is InChI=1S/C20H29N3O2/c1-20(2,3)25-19(24)23(14-16-6-10-18(22)11-7-16)13-12-15-4-8-17(21)9-5-15/h4-11,19,24H,12-14,21-22H2,1-3H3. The van der Waals surface area contributed by atoms with Gasteiger partial charge in [-0.05, 0) is 62.6 Å². The quantitative estimate of drug-likeness (QED) is 0.532. The Labute approximate surface area is 150 Å². The van der Waals surface area contributed by atoms with Crippen molar-refractivity contribution in [2.45, 2.75) is 45.8 Å². The van der Waals surface area contributed by atoms with Crippen molar-refractivity contribution >= 4 is 11.4 Å². The zero-order chi connectivity index (χ0) is 18.4. The van der Waals surface area contributed by atoms with E-state index < -0.39 is 12.0 Å². The van der Waals surface area contributed by atoms with Gasteiger partial charge < -0.3 is 21.3 Å². The van der Waals surface area contributed by atoms with Gasteiger partial charge in [0.15, 0.2) is 0 Å². The van der Waals surface area contributed by atoms with Gasteiger partial charge in [-0.1, -0.05) is 24.3 Å². The Balaban J connectivity index is 2.07. The molecule has 0 spiro atoms. The summed E-state index contributed by atoms with van der Waals surface area (Å²) in [5.41, 5.74) is 14.8. The molecule has 2 aromatic rings. The number of rotatable bonds is 7. The van der Waals surface area contributed by atoms with Crippen LogP contribution in [0, 0.1) is 0 Å². The average molecular weight is 343 g/mol. The summed E-state index contributed by atoms with van der Waals surface area (Å²) >= 11 is 0. The summed E-state index contributed by atoms with van der Waals surface area (Å²) in [6.45, 7) is 7.02. The molecular formula is C20H29N3O2. The predicted molar refractivity (Wildman–Crippen MR) is 103 cm³/mol. The molecule has 0 aliphatic carbocycles. The number of hydrogen-bond acceptors (Lipinski definition) is 5. The van der Waals surface area contributed by atoms with E-state index in [0.29, 0.717) is 13.1 Å². The topological polar surface area (TPSA) is 84.7 Å². The van der Waals surface area contributed by atoms with E-state index in [0.717, 1.165) is 23.4 Å². The van der Waals surface area contributed by atoms with Crippen LogP contribution in [-0.2, 0) is 17.7 Å². The maximum Gasteiger partial charge on any atom is 0.216 e. The van der Waals surface area contributed by atoms with Crippen molar-refractivity contribution in [3.8, 4) is 0 Å². The van der Waals surface area contributed by atoms with Gasteiger partial charge in [-0.3, -0.25) is 4.90 Å². The Morgan fingerprint density at radius 2 is 1.40 bits per heavy atom. The van der Waals surface area contributed by atoms with Crippen molar-refractivity contribution in [1.82, 2.24) is 4.90 Å². The minimum absolute atomic E-state index is 0.431. The van der Waals surface area contributed by atoms with E-state index in [4.69, 9.17) is 16.2 Å². The lowest BCUT2D eigenvalue weighted by Crippen LogP contribution is -2.42. The van der Waals surface area contributed by atoms with Crippen LogP contribution in [0.3, 0.4) is 0 Å². The smallest absolute Gasteiger partial charge is 0.216 e. The van der Waals surface area contributed by atoms with E-state index in [2.05, 4.69) is 0 Å². The van der Waals surface area contributed by atoms with Crippen LogP contribution >= 0.6 is 0 Å². The largest absolute Gasteiger partial charge is 0.399 e. The number of anilines is 2. The molecule has 0 amide bonds. The maximum absolute atomic E-state index is 10.5. The molecule has 2 aromatic carbocycles. The van der Waals surface area contributed by atoms with E-state index in [-0.39, 0.29) is 0 Å². The van der Waals surface area contributed by atoms with Crippen molar-refractivity contribution in [3.05, 3.63) is 59.7 Å².